The molecule has 0 atom stereocenters. The molecule has 0 aliphatic carbocycles. The Hall–Kier alpha value is -1.50. The van der Waals surface area contributed by atoms with Crippen LogP contribution >= 0.6 is 0 Å². The summed E-state index contributed by atoms with van der Waals surface area (Å²) in [5.74, 6) is 5.08. The normalized spacial score (nSPS) is 10.2. The van der Waals surface area contributed by atoms with Crippen LogP contribution in [0.3, 0.4) is 0 Å². The summed E-state index contributed by atoms with van der Waals surface area (Å²) in [4.78, 5) is 20.7. The van der Waals surface area contributed by atoms with Gasteiger partial charge in [-0.1, -0.05) is 51.4 Å². The summed E-state index contributed by atoms with van der Waals surface area (Å²) in [5.41, 5.74) is 0. The van der Waals surface area contributed by atoms with E-state index in [1.807, 2.05) is 0 Å². The first-order valence-corrected chi connectivity index (χ1v) is 9.52. The van der Waals surface area contributed by atoms with Crippen molar-refractivity contribution in [1.29, 1.82) is 0 Å². The Morgan fingerprint density at radius 2 is 0.792 bits per heavy atom. The van der Waals surface area contributed by atoms with Crippen molar-refractivity contribution >= 4 is 11.9 Å². The molecule has 0 bridgehead atoms. The zero-order chi connectivity index (χ0) is 17.9. The molecule has 24 heavy (non-hydrogen) atoms. The Balaban J connectivity index is 3.15. The molecule has 2 N–H and O–H groups in total. The summed E-state index contributed by atoms with van der Waals surface area (Å²) in [6.07, 6.45) is 15.5. The van der Waals surface area contributed by atoms with E-state index in [0.29, 0.717) is 12.8 Å². The van der Waals surface area contributed by atoms with E-state index < -0.39 is 11.9 Å². The minimum Gasteiger partial charge on any atom is -0.481 e. The highest BCUT2D eigenvalue weighted by atomic mass is 16.4. The third-order valence-electron chi connectivity index (χ3n) is 4.01. The van der Waals surface area contributed by atoms with Crippen LogP contribution in [0.1, 0.15) is 103 Å². The number of carboxylic acid groups (broad SMARTS) is 2. The quantitative estimate of drug-likeness (QED) is 0.292. The van der Waals surface area contributed by atoms with Gasteiger partial charge in [0.2, 0.25) is 0 Å². The number of carboxylic acids is 2. The number of unbranched alkanes of at least 4 members (excludes halogenated alkanes) is 12. The highest BCUT2D eigenvalue weighted by Gasteiger charge is 1.97. The van der Waals surface area contributed by atoms with Crippen molar-refractivity contribution in [3.05, 3.63) is 0 Å². The van der Waals surface area contributed by atoms with Crippen molar-refractivity contribution in [1.82, 2.24) is 0 Å². The van der Waals surface area contributed by atoms with E-state index in [1.165, 1.54) is 25.7 Å². The molecule has 138 valence electrons. The van der Waals surface area contributed by atoms with Crippen LogP contribution in [0.15, 0.2) is 0 Å². The first kappa shape index (κ1) is 22.5. The second kappa shape index (κ2) is 17.8. The van der Waals surface area contributed by atoms with Gasteiger partial charge in [-0.15, -0.1) is 11.8 Å². The molecule has 0 aromatic heterocycles. The van der Waals surface area contributed by atoms with Crippen molar-refractivity contribution in [3.8, 4) is 11.8 Å². The molecule has 0 aliphatic rings. The highest BCUT2D eigenvalue weighted by Crippen LogP contribution is 2.09. The van der Waals surface area contributed by atoms with Crippen molar-refractivity contribution in [3.63, 3.8) is 0 Å². The minimum absolute atomic E-state index is 0.299. The van der Waals surface area contributed by atoms with Crippen LogP contribution in [0.5, 0.6) is 0 Å². The van der Waals surface area contributed by atoms with E-state index in [0.717, 1.165) is 64.2 Å². The number of rotatable bonds is 16. The van der Waals surface area contributed by atoms with Crippen LogP contribution in [0.25, 0.3) is 0 Å². The van der Waals surface area contributed by atoms with Crippen LogP contribution in [-0.4, -0.2) is 22.2 Å². The van der Waals surface area contributed by atoms with Gasteiger partial charge in [0, 0.05) is 25.7 Å². The molecule has 0 rings (SSSR count). The van der Waals surface area contributed by atoms with Crippen molar-refractivity contribution < 1.29 is 19.8 Å². The molecule has 0 fully saturated rings. The van der Waals surface area contributed by atoms with E-state index in [2.05, 4.69) is 11.8 Å². The maximum absolute atomic E-state index is 10.3. The van der Waals surface area contributed by atoms with Crippen LogP contribution in [0.2, 0.25) is 0 Å². The first-order valence-electron chi connectivity index (χ1n) is 9.52. The SMILES string of the molecule is O=C(O)CCCCCCCCC#CCCCCCCCCC(=O)O. The second-order valence-electron chi connectivity index (χ2n) is 6.38. The predicted molar refractivity (Wildman–Crippen MR) is 96.9 cm³/mol. The lowest BCUT2D eigenvalue weighted by Crippen LogP contribution is -1.93. The van der Waals surface area contributed by atoms with Crippen LogP contribution in [0, 0.1) is 11.8 Å². The fourth-order valence-electron chi connectivity index (χ4n) is 2.57. The van der Waals surface area contributed by atoms with E-state index in [-0.39, 0.29) is 0 Å². The summed E-state index contributed by atoms with van der Waals surface area (Å²) in [6, 6.07) is 0. The maximum Gasteiger partial charge on any atom is 0.303 e. The van der Waals surface area contributed by atoms with E-state index in [4.69, 9.17) is 10.2 Å². The lowest BCUT2D eigenvalue weighted by Gasteiger charge is -1.99. The van der Waals surface area contributed by atoms with E-state index in [9.17, 15) is 9.59 Å². The Kier molecular flexibility index (Phi) is 16.7. The lowest BCUT2D eigenvalue weighted by molar-refractivity contribution is -0.138. The average Bonchev–Trinajstić information content (AvgIpc) is 2.53. The third kappa shape index (κ3) is 20.5. The number of aliphatic carboxylic acids is 2. The molecule has 4 nitrogen and oxygen atoms in total. The lowest BCUT2D eigenvalue weighted by atomic mass is 10.1. The molecule has 0 aromatic rings. The molecule has 0 aliphatic heterocycles. The summed E-state index contributed by atoms with van der Waals surface area (Å²) in [5, 5.41) is 17.0. The summed E-state index contributed by atoms with van der Waals surface area (Å²) >= 11 is 0. The Labute approximate surface area is 147 Å². The van der Waals surface area contributed by atoms with Gasteiger partial charge in [0.1, 0.15) is 0 Å². The van der Waals surface area contributed by atoms with Gasteiger partial charge in [0.15, 0.2) is 0 Å². The fourth-order valence-corrected chi connectivity index (χ4v) is 2.57. The molecule has 0 aromatic carbocycles. The van der Waals surface area contributed by atoms with Crippen LogP contribution in [0.4, 0.5) is 0 Å². The van der Waals surface area contributed by atoms with Gasteiger partial charge in [-0.25, -0.2) is 0 Å². The highest BCUT2D eigenvalue weighted by molar-refractivity contribution is 5.66. The standard InChI is InChI=1S/C20H34O4/c21-19(22)17-15-13-11-9-7-5-3-1-2-4-6-8-10-12-14-16-18-20(23)24/h3-18H2,(H,21,22)(H,23,24). The third-order valence-corrected chi connectivity index (χ3v) is 4.01. The van der Waals surface area contributed by atoms with Gasteiger partial charge in [0.05, 0.1) is 0 Å². The van der Waals surface area contributed by atoms with Gasteiger partial charge in [-0.2, -0.15) is 0 Å². The summed E-state index contributed by atoms with van der Waals surface area (Å²) < 4.78 is 0. The van der Waals surface area contributed by atoms with Gasteiger partial charge in [0.25, 0.3) is 0 Å². The Bertz CT molecular complexity index is 345. The maximum atomic E-state index is 10.3. The molecule has 4 heteroatoms. The molecule has 0 radical (unpaired) electrons. The molecule has 0 spiro atoms. The number of carbonyl (C=O) groups is 2. The molecule has 0 unspecified atom stereocenters. The molecule has 0 amide bonds. The monoisotopic (exact) mass is 338 g/mol. The van der Waals surface area contributed by atoms with Gasteiger partial charge >= 0.3 is 11.9 Å². The molecule has 0 saturated heterocycles. The Morgan fingerprint density at radius 1 is 0.500 bits per heavy atom. The van der Waals surface area contributed by atoms with Gasteiger partial charge < -0.3 is 10.2 Å². The second-order valence-corrected chi connectivity index (χ2v) is 6.38. The van der Waals surface area contributed by atoms with Crippen LogP contribution < -0.4 is 0 Å². The zero-order valence-corrected chi connectivity index (χ0v) is 15.0. The number of hydrogen-bond donors (Lipinski definition) is 2. The van der Waals surface area contributed by atoms with E-state index >= 15 is 0 Å². The molecular weight excluding hydrogens is 304 g/mol. The molecule has 0 saturated carbocycles. The smallest absolute Gasteiger partial charge is 0.303 e. The van der Waals surface area contributed by atoms with Gasteiger partial charge in [-0.3, -0.25) is 9.59 Å². The summed E-state index contributed by atoms with van der Waals surface area (Å²) in [7, 11) is 0. The predicted octanol–water partition coefficient (Wildman–Crippen LogP) is 5.40. The zero-order valence-electron chi connectivity index (χ0n) is 15.0. The average molecular weight is 338 g/mol. The van der Waals surface area contributed by atoms with Crippen molar-refractivity contribution in [2.45, 2.75) is 103 Å². The number of hydrogen-bond acceptors (Lipinski definition) is 2. The van der Waals surface area contributed by atoms with Crippen molar-refractivity contribution in [2.24, 2.45) is 0 Å². The van der Waals surface area contributed by atoms with Crippen LogP contribution in [-0.2, 0) is 9.59 Å². The van der Waals surface area contributed by atoms with E-state index in [1.54, 1.807) is 0 Å². The Morgan fingerprint density at radius 3 is 1.12 bits per heavy atom. The first-order chi connectivity index (χ1) is 11.6. The molecule has 0 heterocycles. The minimum atomic E-state index is -0.691. The van der Waals surface area contributed by atoms with Crippen molar-refractivity contribution in [2.75, 3.05) is 0 Å². The van der Waals surface area contributed by atoms with Gasteiger partial charge in [-0.05, 0) is 25.7 Å². The fraction of sp³-hybridized carbons (Fsp3) is 0.800. The summed E-state index contributed by atoms with van der Waals surface area (Å²) in [6.45, 7) is 0. The topological polar surface area (TPSA) is 74.6 Å². The largest absolute Gasteiger partial charge is 0.481 e. The molecular formula is C20H34O4.